The molecule has 0 amide bonds. The third kappa shape index (κ3) is 8.27. The minimum Gasteiger partial charge on any atom is -0.291 e. The maximum atomic E-state index is 4.98. The monoisotopic (exact) mass is 150 g/mol. The van der Waals surface area contributed by atoms with Crippen LogP contribution in [0.5, 0.6) is 0 Å². The van der Waals surface area contributed by atoms with Gasteiger partial charge in [0.1, 0.15) is 0 Å². The van der Waals surface area contributed by atoms with Crippen molar-refractivity contribution in [2.75, 3.05) is 13.2 Å². The SMILES string of the molecule is CCCOSOCCC. The molecule has 56 valence electrons. The zero-order chi connectivity index (χ0) is 6.95. The normalized spacial score (nSPS) is 10.0. The van der Waals surface area contributed by atoms with Crippen LogP contribution in [0.25, 0.3) is 0 Å². The van der Waals surface area contributed by atoms with E-state index >= 15 is 0 Å². The average Bonchev–Trinajstić information content (AvgIpc) is 1.89. The number of hydrogen-bond acceptors (Lipinski definition) is 3. The van der Waals surface area contributed by atoms with Gasteiger partial charge in [-0.1, -0.05) is 13.8 Å². The molecule has 0 rings (SSSR count). The molecule has 0 N–H and O–H groups in total. The topological polar surface area (TPSA) is 18.5 Å². The molecule has 0 unspecified atom stereocenters. The summed E-state index contributed by atoms with van der Waals surface area (Å²) in [6.07, 6.45) is 2.09. The van der Waals surface area contributed by atoms with E-state index in [4.69, 9.17) is 8.37 Å². The van der Waals surface area contributed by atoms with E-state index in [9.17, 15) is 0 Å². The van der Waals surface area contributed by atoms with Crippen molar-refractivity contribution in [2.24, 2.45) is 0 Å². The van der Waals surface area contributed by atoms with E-state index in [1.165, 1.54) is 0 Å². The zero-order valence-electron chi connectivity index (χ0n) is 6.05. The summed E-state index contributed by atoms with van der Waals surface area (Å²) in [5.74, 6) is 0. The molecule has 3 heteroatoms. The third-order valence-electron chi connectivity index (χ3n) is 0.671. The minimum atomic E-state index is 0.772. The van der Waals surface area contributed by atoms with Gasteiger partial charge in [-0.2, -0.15) is 0 Å². The van der Waals surface area contributed by atoms with Crippen molar-refractivity contribution in [3.63, 3.8) is 0 Å². The summed E-state index contributed by atoms with van der Waals surface area (Å²) in [4.78, 5) is 0. The quantitative estimate of drug-likeness (QED) is 0.428. The summed E-state index contributed by atoms with van der Waals surface area (Å²) in [5.41, 5.74) is 0. The van der Waals surface area contributed by atoms with Gasteiger partial charge in [0.25, 0.3) is 0 Å². The Balaban J connectivity index is 2.60. The van der Waals surface area contributed by atoms with E-state index in [2.05, 4.69) is 13.8 Å². The molecule has 0 heterocycles. The van der Waals surface area contributed by atoms with Gasteiger partial charge in [-0.15, -0.1) is 0 Å². The second-order valence-corrected chi connectivity index (χ2v) is 2.32. The molecule has 2 nitrogen and oxygen atoms in total. The summed E-state index contributed by atoms with van der Waals surface area (Å²) >= 11 is 1.10. The van der Waals surface area contributed by atoms with Crippen molar-refractivity contribution in [3.05, 3.63) is 0 Å². The van der Waals surface area contributed by atoms with Crippen LogP contribution in [0.2, 0.25) is 0 Å². The highest BCUT2D eigenvalue weighted by molar-refractivity contribution is 7.89. The first-order chi connectivity index (χ1) is 4.41. The second-order valence-electron chi connectivity index (χ2n) is 1.71. The highest BCUT2D eigenvalue weighted by Crippen LogP contribution is 2.04. The molecule has 0 fully saturated rings. The Morgan fingerprint density at radius 2 is 1.44 bits per heavy atom. The van der Waals surface area contributed by atoms with Crippen molar-refractivity contribution in [3.8, 4) is 0 Å². The lowest BCUT2D eigenvalue weighted by Gasteiger charge is -1.98. The van der Waals surface area contributed by atoms with Gasteiger partial charge in [0.05, 0.1) is 13.2 Å². The Kier molecular flexibility index (Phi) is 8.52. The van der Waals surface area contributed by atoms with E-state index < -0.39 is 0 Å². The Morgan fingerprint density at radius 1 is 1.00 bits per heavy atom. The van der Waals surface area contributed by atoms with Crippen LogP contribution in [0, 0.1) is 0 Å². The van der Waals surface area contributed by atoms with Crippen LogP contribution in [0.15, 0.2) is 0 Å². The maximum Gasteiger partial charge on any atom is 0.158 e. The van der Waals surface area contributed by atoms with E-state index in [-0.39, 0.29) is 0 Å². The summed E-state index contributed by atoms with van der Waals surface area (Å²) in [6, 6.07) is 0. The van der Waals surface area contributed by atoms with Gasteiger partial charge in [-0.05, 0) is 12.8 Å². The molecule has 0 aromatic rings. The molecule has 0 aliphatic heterocycles. The van der Waals surface area contributed by atoms with Crippen molar-refractivity contribution in [1.82, 2.24) is 0 Å². The summed E-state index contributed by atoms with van der Waals surface area (Å²) < 4.78 is 9.96. The molecule has 0 aromatic carbocycles. The Labute approximate surface area is 61.3 Å². The molecule has 0 aromatic heterocycles. The Bertz CT molecular complexity index is 44.3. The number of rotatable bonds is 6. The van der Waals surface area contributed by atoms with E-state index in [0.717, 1.165) is 38.4 Å². The molecule has 9 heavy (non-hydrogen) atoms. The van der Waals surface area contributed by atoms with Gasteiger partial charge in [0.15, 0.2) is 12.3 Å². The molecule has 0 radical (unpaired) electrons. The van der Waals surface area contributed by atoms with Crippen LogP contribution in [0.3, 0.4) is 0 Å². The van der Waals surface area contributed by atoms with Crippen LogP contribution >= 0.6 is 12.3 Å². The smallest absolute Gasteiger partial charge is 0.158 e. The second kappa shape index (κ2) is 8.27. The lowest BCUT2D eigenvalue weighted by Crippen LogP contribution is -1.86. The standard InChI is InChI=1S/C6H14O2S/c1-3-5-7-9-8-6-4-2/h3-6H2,1-2H3. The lowest BCUT2D eigenvalue weighted by molar-refractivity contribution is 0.286. The van der Waals surface area contributed by atoms with E-state index in [0.29, 0.717) is 0 Å². The molecule has 0 saturated heterocycles. The van der Waals surface area contributed by atoms with Gasteiger partial charge in [-0.3, -0.25) is 8.37 Å². The first kappa shape index (κ1) is 9.27. The molecule has 0 aliphatic carbocycles. The fourth-order valence-corrected chi connectivity index (χ4v) is 0.806. The van der Waals surface area contributed by atoms with Crippen LogP contribution in [0.4, 0.5) is 0 Å². The fraction of sp³-hybridized carbons (Fsp3) is 1.00. The molecule has 0 bridgehead atoms. The van der Waals surface area contributed by atoms with Crippen molar-refractivity contribution < 1.29 is 8.37 Å². The molecule has 0 saturated carbocycles. The van der Waals surface area contributed by atoms with Crippen LogP contribution in [-0.2, 0) is 8.37 Å². The maximum absolute atomic E-state index is 4.98. The summed E-state index contributed by atoms with van der Waals surface area (Å²) in [5, 5.41) is 0. The van der Waals surface area contributed by atoms with Gasteiger partial charge < -0.3 is 0 Å². The van der Waals surface area contributed by atoms with Gasteiger partial charge in [0, 0.05) is 0 Å². The third-order valence-corrected chi connectivity index (χ3v) is 1.20. The molecular weight excluding hydrogens is 136 g/mol. The highest BCUT2D eigenvalue weighted by Gasteiger charge is 1.85. The van der Waals surface area contributed by atoms with Gasteiger partial charge >= 0.3 is 0 Å². The lowest BCUT2D eigenvalue weighted by atomic mass is 10.5. The van der Waals surface area contributed by atoms with Crippen molar-refractivity contribution in [1.29, 1.82) is 0 Å². The average molecular weight is 150 g/mol. The predicted molar refractivity (Wildman–Crippen MR) is 40.1 cm³/mol. The van der Waals surface area contributed by atoms with E-state index in [1.807, 2.05) is 0 Å². The first-order valence-electron chi connectivity index (χ1n) is 3.32. The van der Waals surface area contributed by atoms with Crippen LogP contribution in [-0.4, -0.2) is 13.2 Å². The molecule has 0 spiro atoms. The van der Waals surface area contributed by atoms with Crippen LogP contribution in [0.1, 0.15) is 26.7 Å². The minimum absolute atomic E-state index is 0.772. The van der Waals surface area contributed by atoms with Gasteiger partial charge in [-0.25, -0.2) is 0 Å². The molecular formula is C6H14O2S. The Morgan fingerprint density at radius 3 is 1.78 bits per heavy atom. The highest BCUT2D eigenvalue weighted by atomic mass is 32.2. The number of hydrogen-bond donors (Lipinski definition) is 0. The van der Waals surface area contributed by atoms with Gasteiger partial charge in [0.2, 0.25) is 0 Å². The predicted octanol–water partition coefficient (Wildman–Crippen LogP) is 2.40. The molecule has 0 aliphatic rings. The largest absolute Gasteiger partial charge is 0.291 e. The summed E-state index contributed by atoms with van der Waals surface area (Å²) in [7, 11) is 0. The Hall–Kier alpha value is 0.270. The van der Waals surface area contributed by atoms with E-state index in [1.54, 1.807) is 0 Å². The first-order valence-corrected chi connectivity index (χ1v) is 3.99. The molecule has 0 atom stereocenters. The fourth-order valence-electron chi connectivity index (χ4n) is 0.269. The van der Waals surface area contributed by atoms with Crippen molar-refractivity contribution in [2.45, 2.75) is 26.7 Å². The zero-order valence-corrected chi connectivity index (χ0v) is 6.87. The summed E-state index contributed by atoms with van der Waals surface area (Å²) in [6.45, 7) is 5.68. The van der Waals surface area contributed by atoms with Crippen molar-refractivity contribution >= 4 is 12.3 Å². The van der Waals surface area contributed by atoms with Crippen LogP contribution < -0.4 is 0 Å².